The van der Waals surface area contributed by atoms with Crippen molar-refractivity contribution in [3.63, 3.8) is 0 Å². The summed E-state index contributed by atoms with van der Waals surface area (Å²) in [7, 11) is 0. The van der Waals surface area contributed by atoms with Gasteiger partial charge in [0.1, 0.15) is 4.60 Å². The molecule has 1 aromatic heterocycles. The van der Waals surface area contributed by atoms with Crippen LogP contribution in [0.1, 0.15) is 32.0 Å². The summed E-state index contributed by atoms with van der Waals surface area (Å²) in [5.41, 5.74) is 2.16. The largest absolute Gasteiger partial charge is 0.285 e. The molecule has 1 heterocycles. The van der Waals surface area contributed by atoms with Crippen molar-refractivity contribution in [3.05, 3.63) is 64.4 Å². The van der Waals surface area contributed by atoms with Crippen LogP contribution in [0, 0.1) is 6.92 Å². The summed E-state index contributed by atoms with van der Waals surface area (Å²) >= 11 is 3.31. The maximum Gasteiger partial charge on any atom is 0.106 e. The highest BCUT2D eigenvalue weighted by Gasteiger charge is 2.04. The second-order valence-corrected chi connectivity index (χ2v) is 6.28. The van der Waals surface area contributed by atoms with Gasteiger partial charge in [0.15, 0.2) is 0 Å². The van der Waals surface area contributed by atoms with Crippen LogP contribution in [0.25, 0.3) is 0 Å². The molecule has 0 aliphatic heterocycles. The van der Waals surface area contributed by atoms with Gasteiger partial charge in [0.05, 0.1) is 11.2 Å². The summed E-state index contributed by atoms with van der Waals surface area (Å²) in [6.45, 7) is 8.25. The van der Waals surface area contributed by atoms with E-state index in [0.29, 0.717) is 0 Å². The van der Waals surface area contributed by atoms with E-state index in [1.165, 1.54) is 5.56 Å². The zero-order valence-electron chi connectivity index (χ0n) is 12.5. The minimum atomic E-state index is -0.0377. The Bertz CT molecular complexity index is 542. The second kappa shape index (κ2) is 7.95. The molecule has 0 aliphatic rings. The van der Waals surface area contributed by atoms with Crippen molar-refractivity contribution >= 4 is 22.1 Å². The van der Waals surface area contributed by atoms with Crippen LogP contribution in [0.2, 0.25) is 0 Å². The standard InChI is InChI=1S/C10H13BrN2.C7H8/c1-10(2,3)12-7-8-5-4-6-9(11)13-8;1-7-5-3-2-4-6-7/h4-7H,1-3H3;2-6H,1H3. The Morgan fingerprint density at radius 1 is 1.00 bits per heavy atom. The number of pyridine rings is 1. The van der Waals surface area contributed by atoms with Crippen LogP contribution in [-0.4, -0.2) is 16.7 Å². The van der Waals surface area contributed by atoms with Gasteiger partial charge < -0.3 is 0 Å². The van der Waals surface area contributed by atoms with E-state index in [1.54, 1.807) is 6.21 Å². The molecule has 0 radical (unpaired) electrons. The fourth-order valence-electron chi connectivity index (χ4n) is 1.29. The van der Waals surface area contributed by atoms with Crippen LogP contribution in [0.4, 0.5) is 0 Å². The Balaban J connectivity index is 0.000000240. The lowest BCUT2D eigenvalue weighted by Gasteiger charge is -2.10. The van der Waals surface area contributed by atoms with Gasteiger partial charge in [-0.25, -0.2) is 4.98 Å². The van der Waals surface area contributed by atoms with E-state index in [4.69, 9.17) is 0 Å². The summed E-state index contributed by atoms with van der Waals surface area (Å²) in [5.74, 6) is 0. The lowest BCUT2D eigenvalue weighted by Crippen LogP contribution is -2.09. The highest BCUT2D eigenvalue weighted by molar-refractivity contribution is 9.10. The summed E-state index contributed by atoms with van der Waals surface area (Å²) in [6.07, 6.45) is 1.80. The van der Waals surface area contributed by atoms with E-state index in [-0.39, 0.29) is 5.54 Å². The number of halogens is 1. The van der Waals surface area contributed by atoms with Crippen molar-refractivity contribution in [2.24, 2.45) is 4.99 Å². The van der Waals surface area contributed by atoms with Gasteiger partial charge >= 0.3 is 0 Å². The first-order valence-corrected chi connectivity index (χ1v) is 7.35. The molecule has 0 bridgehead atoms. The lowest BCUT2D eigenvalue weighted by molar-refractivity contribution is 0.586. The van der Waals surface area contributed by atoms with E-state index in [1.807, 2.05) is 36.4 Å². The maximum atomic E-state index is 4.36. The third kappa shape index (κ3) is 7.85. The average Bonchev–Trinajstić information content (AvgIpc) is 2.37. The molecule has 0 aliphatic carbocycles. The predicted octanol–water partition coefficient (Wildman–Crippen LogP) is 5.06. The highest BCUT2D eigenvalue weighted by atomic mass is 79.9. The van der Waals surface area contributed by atoms with Crippen LogP contribution in [0.15, 0.2) is 58.1 Å². The van der Waals surface area contributed by atoms with Gasteiger partial charge in [-0.2, -0.15) is 0 Å². The SMILES string of the molecule is CC(C)(C)N=Cc1cccc(Br)n1.Cc1ccccc1. The number of aliphatic imine (C=N–C) groups is 1. The third-order valence-corrected chi connectivity index (χ3v) is 2.70. The fourth-order valence-corrected chi connectivity index (χ4v) is 1.65. The van der Waals surface area contributed by atoms with Crippen LogP contribution in [0.5, 0.6) is 0 Å². The smallest absolute Gasteiger partial charge is 0.106 e. The molecule has 2 rings (SSSR count). The molecule has 106 valence electrons. The molecule has 0 unspecified atom stereocenters. The van der Waals surface area contributed by atoms with Crippen LogP contribution in [0.3, 0.4) is 0 Å². The molecule has 0 saturated carbocycles. The van der Waals surface area contributed by atoms with E-state index in [2.05, 4.69) is 65.7 Å². The summed E-state index contributed by atoms with van der Waals surface area (Å²) in [5, 5.41) is 0. The van der Waals surface area contributed by atoms with E-state index >= 15 is 0 Å². The lowest BCUT2D eigenvalue weighted by atomic mass is 10.1. The summed E-state index contributed by atoms with van der Waals surface area (Å²) in [6, 6.07) is 16.0. The molecule has 0 spiro atoms. The number of nitrogens with zero attached hydrogens (tertiary/aromatic N) is 2. The summed E-state index contributed by atoms with van der Waals surface area (Å²) < 4.78 is 0.838. The van der Waals surface area contributed by atoms with Crippen molar-refractivity contribution in [2.75, 3.05) is 0 Å². The minimum Gasteiger partial charge on any atom is -0.285 e. The Labute approximate surface area is 130 Å². The molecular weight excluding hydrogens is 312 g/mol. The van der Waals surface area contributed by atoms with E-state index in [9.17, 15) is 0 Å². The van der Waals surface area contributed by atoms with Gasteiger partial charge in [0.2, 0.25) is 0 Å². The Hall–Kier alpha value is -1.48. The number of aryl methyl sites for hydroxylation is 1. The molecule has 20 heavy (non-hydrogen) atoms. The van der Waals surface area contributed by atoms with Gasteiger partial charge in [0.25, 0.3) is 0 Å². The van der Waals surface area contributed by atoms with Crippen molar-refractivity contribution in [1.82, 2.24) is 4.98 Å². The molecule has 0 atom stereocenters. The number of aromatic nitrogens is 1. The van der Waals surface area contributed by atoms with E-state index in [0.717, 1.165) is 10.3 Å². The molecule has 0 N–H and O–H groups in total. The zero-order chi connectivity index (χ0) is 15.0. The molecule has 3 heteroatoms. The molecule has 0 amide bonds. The normalized spacial score (nSPS) is 11.1. The number of benzene rings is 1. The van der Waals surface area contributed by atoms with Gasteiger partial charge in [-0.05, 0) is 55.8 Å². The molecule has 1 aromatic carbocycles. The number of rotatable bonds is 1. The number of hydrogen-bond acceptors (Lipinski definition) is 2. The highest BCUT2D eigenvalue weighted by Crippen LogP contribution is 2.08. The second-order valence-electron chi connectivity index (χ2n) is 5.47. The Kier molecular flexibility index (Phi) is 6.59. The Morgan fingerprint density at radius 3 is 2.10 bits per heavy atom. The van der Waals surface area contributed by atoms with Gasteiger partial charge in [-0.1, -0.05) is 42.0 Å². The van der Waals surface area contributed by atoms with Gasteiger partial charge in [-0.15, -0.1) is 0 Å². The van der Waals surface area contributed by atoms with Gasteiger partial charge in [0, 0.05) is 6.21 Å². The molecule has 2 nitrogen and oxygen atoms in total. The topological polar surface area (TPSA) is 25.2 Å². The fraction of sp³-hybridized carbons (Fsp3) is 0.294. The average molecular weight is 333 g/mol. The summed E-state index contributed by atoms with van der Waals surface area (Å²) in [4.78, 5) is 8.60. The predicted molar refractivity (Wildman–Crippen MR) is 90.5 cm³/mol. The first kappa shape index (κ1) is 16.6. The quantitative estimate of drug-likeness (QED) is 0.529. The monoisotopic (exact) mass is 332 g/mol. The third-order valence-electron chi connectivity index (χ3n) is 2.26. The van der Waals surface area contributed by atoms with Crippen LogP contribution < -0.4 is 0 Å². The molecule has 0 fully saturated rings. The van der Waals surface area contributed by atoms with Crippen molar-refractivity contribution in [3.8, 4) is 0 Å². The van der Waals surface area contributed by atoms with Crippen molar-refractivity contribution < 1.29 is 0 Å². The Morgan fingerprint density at radius 2 is 1.65 bits per heavy atom. The van der Waals surface area contributed by atoms with Crippen molar-refractivity contribution in [1.29, 1.82) is 0 Å². The van der Waals surface area contributed by atoms with Gasteiger partial charge in [-0.3, -0.25) is 4.99 Å². The first-order valence-electron chi connectivity index (χ1n) is 6.56. The van der Waals surface area contributed by atoms with Crippen LogP contribution in [-0.2, 0) is 0 Å². The molecule has 2 aromatic rings. The maximum absolute atomic E-state index is 4.36. The first-order chi connectivity index (χ1) is 9.37. The molecular formula is C17H21BrN2. The van der Waals surface area contributed by atoms with Crippen molar-refractivity contribution in [2.45, 2.75) is 33.2 Å². The van der Waals surface area contributed by atoms with E-state index < -0.39 is 0 Å². The molecule has 0 saturated heterocycles. The minimum absolute atomic E-state index is 0.0377. The van der Waals surface area contributed by atoms with Crippen LogP contribution >= 0.6 is 15.9 Å². The zero-order valence-corrected chi connectivity index (χ0v) is 14.1. The number of hydrogen-bond donors (Lipinski definition) is 0.